The molecule has 8 nitrogen and oxygen atoms in total. The number of carbonyl (C=O) groups is 1. The van der Waals surface area contributed by atoms with E-state index in [4.69, 9.17) is 15.2 Å². The van der Waals surface area contributed by atoms with Gasteiger partial charge in [-0.3, -0.25) is 9.48 Å². The lowest BCUT2D eigenvalue weighted by atomic mass is 10.1. The molecule has 2 atom stereocenters. The van der Waals surface area contributed by atoms with Crippen molar-refractivity contribution in [1.29, 1.82) is 0 Å². The number of aryl methyl sites for hydroxylation is 1. The number of nitrogens with zero attached hydrogens (tertiary/aromatic N) is 3. The average Bonchev–Trinajstić information content (AvgIpc) is 3.36. The molecule has 3 heterocycles. The zero-order valence-electron chi connectivity index (χ0n) is 16.1. The van der Waals surface area contributed by atoms with Crippen LogP contribution in [-0.4, -0.2) is 46.0 Å². The fourth-order valence-electron chi connectivity index (χ4n) is 3.24. The summed E-state index contributed by atoms with van der Waals surface area (Å²) in [6, 6.07) is 11.4. The van der Waals surface area contributed by atoms with Gasteiger partial charge in [0.2, 0.25) is 0 Å². The van der Waals surface area contributed by atoms with Crippen molar-refractivity contribution >= 4 is 11.7 Å². The number of nitrogens with one attached hydrogen (secondary N) is 1. The molecule has 1 fully saturated rings. The van der Waals surface area contributed by atoms with E-state index in [0.29, 0.717) is 25.4 Å². The molecule has 0 radical (unpaired) electrons. The SMILES string of the molecule is Cn1cc(-c2cnc(N)c(C(=O)N[C@H]3COCC3OCc3ccccc3)c2)cn1. The number of hydrogen-bond donors (Lipinski definition) is 2. The van der Waals surface area contributed by atoms with E-state index in [1.807, 2.05) is 43.6 Å². The van der Waals surface area contributed by atoms with Crippen molar-refractivity contribution in [1.82, 2.24) is 20.1 Å². The number of aromatic nitrogens is 3. The fourth-order valence-corrected chi connectivity index (χ4v) is 3.24. The summed E-state index contributed by atoms with van der Waals surface area (Å²) in [4.78, 5) is 17.0. The number of benzene rings is 1. The Kier molecular flexibility index (Phi) is 5.55. The smallest absolute Gasteiger partial charge is 0.255 e. The van der Waals surface area contributed by atoms with Gasteiger partial charge in [-0.25, -0.2) is 4.98 Å². The van der Waals surface area contributed by atoms with Gasteiger partial charge in [0.1, 0.15) is 11.9 Å². The van der Waals surface area contributed by atoms with Crippen LogP contribution in [0.25, 0.3) is 11.1 Å². The summed E-state index contributed by atoms with van der Waals surface area (Å²) >= 11 is 0. The van der Waals surface area contributed by atoms with Crippen molar-refractivity contribution in [3.05, 3.63) is 66.1 Å². The number of pyridine rings is 1. The highest BCUT2D eigenvalue weighted by molar-refractivity contribution is 5.99. The Morgan fingerprint density at radius 2 is 2.10 bits per heavy atom. The topological polar surface area (TPSA) is 104 Å². The molecule has 8 heteroatoms. The molecule has 1 unspecified atom stereocenters. The molecule has 1 aliphatic rings. The zero-order valence-corrected chi connectivity index (χ0v) is 16.1. The third-order valence-electron chi connectivity index (χ3n) is 4.85. The number of nitrogen functional groups attached to an aromatic ring is 1. The van der Waals surface area contributed by atoms with Crippen molar-refractivity contribution in [2.45, 2.75) is 18.8 Å². The van der Waals surface area contributed by atoms with Crippen LogP contribution >= 0.6 is 0 Å². The van der Waals surface area contributed by atoms with Gasteiger partial charge in [-0.1, -0.05) is 30.3 Å². The van der Waals surface area contributed by atoms with Crippen LogP contribution in [0.3, 0.4) is 0 Å². The highest BCUT2D eigenvalue weighted by Gasteiger charge is 2.31. The molecule has 3 N–H and O–H groups in total. The molecule has 150 valence electrons. The average molecular weight is 393 g/mol. The van der Waals surface area contributed by atoms with Crippen LogP contribution in [0.2, 0.25) is 0 Å². The van der Waals surface area contributed by atoms with E-state index in [1.54, 1.807) is 23.1 Å². The van der Waals surface area contributed by atoms with Gasteiger partial charge in [0.05, 0.1) is 37.6 Å². The maximum atomic E-state index is 12.9. The largest absolute Gasteiger partial charge is 0.383 e. The second kappa shape index (κ2) is 8.42. The van der Waals surface area contributed by atoms with E-state index in [-0.39, 0.29) is 23.9 Å². The molecule has 1 aromatic carbocycles. The van der Waals surface area contributed by atoms with Gasteiger partial charge < -0.3 is 20.5 Å². The van der Waals surface area contributed by atoms with Crippen LogP contribution < -0.4 is 11.1 Å². The van der Waals surface area contributed by atoms with Crippen molar-refractivity contribution in [2.24, 2.45) is 7.05 Å². The lowest BCUT2D eigenvalue weighted by Crippen LogP contribution is -2.44. The Hall–Kier alpha value is -3.23. The maximum Gasteiger partial charge on any atom is 0.255 e. The Balaban J connectivity index is 1.44. The van der Waals surface area contributed by atoms with E-state index >= 15 is 0 Å². The molecule has 3 aromatic rings. The Morgan fingerprint density at radius 3 is 2.86 bits per heavy atom. The molecular weight excluding hydrogens is 370 g/mol. The van der Waals surface area contributed by atoms with Crippen molar-refractivity contribution in [2.75, 3.05) is 18.9 Å². The number of ether oxygens (including phenoxy) is 2. The predicted octanol–water partition coefficient (Wildman–Crippen LogP) is 1.78. The van der Waals surface area contributed by atoms with Gasteiger partial charge in [0, 0.05) is 30.6 Å². The summed E-state index contributed by atoms with van der Waals surface area (Å²) in [6.07, 6.45) is 4.98. The predicted molar refractivity (Wildman–Crippen MR) is 108 cm³/mol. The molecule has 2 aromatic heterocycles. The van der Waals surface area contributed by atoms with Gasteiger partial charge in [0.15, 0.2) is 0 Å². The molecule has 0 saturated carbocycles. The quantitative estimate of drug-likeness (QED) is 0.662. The Labute approximate surface area is 168 Å². The van der Waals surface area contributed by atoms with Gasteiger partial charge >= 0.3 is 0 Å². The molecule has 4 rings (SSSR count). The Bertz CT molecular complexity index is 989. The minimum atomic E-state index is -0.301. The molecule has 0 aliphatic carbocycles. The highest BCUT2D eigenvalue weighted by atomic mass is 16.5. The summed E-state index contributed by atoms with van der Waals surface area (Å²) in [5.41, 5.74) is 8.99. The van der Waals surface area contributed by atoms with Crippen LogP contribution in [-0.2, 0) is 23.1 Å². The zero-order chi connectivity index (χ0) is 20.2. The monoisotopic (exact) mass is 393 g/mol. The fraction of sp³-hybridized carbons (Fsp3) is 0.286. The van der Waals surface area contributed by atoms with Crippen molar-refractivity contribution < 1.29 is 14.3 Å². The van der Waals surface area contributed by atoms with Gasteiger partial charge in [-0.15, -0.1) is 0 Å². The van der Waals surface area contributed by atoms with E-state index in [9.17, 15) is 4.79 Å². The highest BCUT2D eigenvalue weighted by Crippen LogP contribution is 2.22. The van der Waals surface area contributed by atoms with Gasteiger partial charge in [-0.2, -0.15) is 5.10 Å². The minimum Gasteiger partial charge on any atom is -0.383 e. The lowest BCUT2D eigenvalue weighted by Gasteiger charge is -2.20. The van der Waals surface area contributed by atoms with Crippen molar-refractivity contribution in [3.63, 3.8) is 0 Å². The normalized spacial score (nSPS) is 18.7. The lowest BCUT2D eigenvalue weighted by molar-refractivity contribution is 0.0218. The molecule has 1 saturated heterocycles. The van der Waals surface area contributed by atoms with Gasteiger partial charge in [0.25, 0.3) is 5.91 Å². The van der Waals surface area contributed by atoms with E-state index < -0.39 is 0 Å². The van der Waals surface area contributed by atoms with Crippen LogP contribution in [0, 0.1) is 0 Å². The summed E-state index contributed by atoms with van der Waals surface area (Å²) in [5.74, 6) is -0.125. The minimum absolute atomic E-state index is 0.177. The van der Waals surface area contributed by atoms with Crippen LogP contribution in [0.15, 0.2) is 55.0 Å². The van der Waals surface area contributed by atoms with Gasteiger partial charge in [-0.05, 0) is 11.6 Å². The molecule has 1 aliphatic heterocycles. The second-order valence-corrected chi connectivity index (χ2v) is 7.01. The first kappa shape index (κ1) is 19.1. The number of anilines is 1. The second-order valence-electron chi connectivity index (χ2n) is 7.01. The van der Waals surface area contributed by atoms with Crippen LogP contribution in [0.4, 0.5) is 5.82 Å². The summed E-state index contributed by atoms with van der Waals surface area (Å²) in [7, 11) is 1.83. The van der Waals surface area contributed by atoms with E-state index in [2.05, 4.69) is 15.4 Å². The number of nitrogens with two attached hydrogens (primary N) is 1. The molecule has 29 heavy (non-hydrogen) atoms. The third-order valence-corrected chi connectivity index (χ3v) is 4.85. The number of amides is 1. The standard InChI is InChI=1S/C21H23N5O3/c1-26-10-16(9-24-26)15-7-17(20(22)23-8-15)21(27)25-18-12-28-13-19(18)29-11-14-5-3-2-4-6-14/h2-10,18-19H,11-13H2,1H3,(H2,22,23)(H,25,27)/t18-,19?/m0/s1. The van der Waals surface area contributed by atoms with Crippen molar-refractivity contribution in [3.8, 4) is 11.1 Å². The summed E-state index contributed by atoms with van der Waals surface area (Å²) in [6.45, 7) is 1.28. The molecule has 1 amide bonds. The molecular formula is C21H23N5O3. The molecule has 0 spiro atoms. The first-order chi connectivity index (χ1) is 14.1. The van der Waals surface area contributed by atoms with E-state index in [0.717, 1.165) is 16.7 Å². The number of carbonyl (C=O) groups excluding carboxylic acids is 1. The third kappa shape index (κ3) is 4.44. The number of hydrogen-bond acceptors (Lipinski definition) is 6. The Morgan fingerprint density at radius 1 is 1.28 bits per heavy atom. The van der Waals surface area contributed by atoms with E-state index in [1.165, 1.54) is 0 Å². The maximum absolute atomic E-state index is 12.9. The van der Waals surface area contributed by atoms with Crippen LogP contribution in [0.5, 0.6) is 0 Å². The first-order valence-electron chi connectivity index (χ1n) is 9.39. The van der Waals surface area contributed by atoms with Crippen LogP contribution in [0.1, 0.15) is 15.9 Å². The first-order valence-corrected chi connectivity index (χ1v) is 9.39. The summed E-state index contributed by atoms with van der Waals surface area (Å²) < 4.78 is 13.2. The number of rotatable bonds is 6. The summed E-state index contributed by atoms with van der Waals surface area (Å²) in [5, 5.41) is 7.13. The molecule has 0 bridgehead atoms.